The Hall–Kier alpha value is -1.39. The van der Waals surface area contributed by atoms with Crippen molar-refractivity contribution >= 4 is 5.97 Å². The Morgan fingerprint density at radius 3 is 2.58 bits per heavy atom. The van der Waals surface area contributed by atoms with E-state index in [0.717, 1.165) is 24.0 Å². The predicted octanol–water partition coefficient (Wildman–Crippen LogP) is 3.30. The number of allylic oxidation sites excluding steroid dienone is 1. The third-order valence-corrected chi connectivity index (χ3v) is 5.33. The third-order valence-electron chi connectivity index (χ3n) is 5.33. The summed E-state index contributed by atoms with van der Waals surface area (Å²) in [6.07, 6.45) is 5.62. The van der Waals surface area contributed by atoms with Crippen LogP contribution in [0.3, 0.4) is 0 Å². The molecular formula is C20H30O4. The van der Waals surface area contributed by atoms with Crippen molar-refractivity contribution in [3.8, 4) is 0 Å². The van der Waals surface area contributed by atoms with Gasteiger partial charge in [-0.25, -0.2) is 4.79 Å². The number of carbonyl (C=O) groups is 1. The fourth-order valence-corrected chi connectivity index (χ4v) is 3.74. The second-order valence-corrected chi connectivity index (χ2v) is 7.72. The van der Waals surface area contributed by atoms with Crippen molar-refractivity contribution in [3.05, 3.63) is 34.9 Å². The summed E-state index contributed by atoms with van der Waals surface area (Å²) in [5.41, 5.74) is 2.25. The lowest BCUT2D eigenvalue weighted by atomic mass is 9.72. The molecule has 1 aliphatic heterocycles. The van der Waals surface area contributed by atoms with E-state index < -0.39 is 17.8 Å². The van der Waals surface area contributed by atoms with E-state index in [2.05, 4.69) is 13.8 Å². The molecule has 4 atom stereocenters. The van der Waals surface area contributed by atoms with Crippen molar-refractivity contribution in [1.29, 1.82) is 0 Å². The molecule has 0 saturated heterocycles. The number of carbonyl (C=O) groups excluding carboxylic acids is 1. The lowest BCUT2D eigenvalue weighted by Crippen LogP contribution is -2.44. The van der Waals surface area contributed by atoms with Gasteiger partial charge in [0, 0.05) is 18.4 Å². The molecule has 134 valence electrons. The second-order valence-electron chi connectivity index (χ2n) is 7.72. The summed E-state index contributed by atoms with van der Waals surface area (Å²) in [7, 11) is 0. The van der Waals surface area contributed by atoms with Crippen molar-refractivity contribution < 1.29 is 19.7 Å². The van der Waals surface area contributed by atoms with Gasteiger partial charge in [-0.3, -0.25) is 0 Å². The van der Waals surface area contributed by atoms with Crippen LogP contribution in [0.5, 0.6) is 0 Å². The highest BCUT2D eigenvalue weighted by Crippen LogP contribution is 2.42. The zero-order chi connectivity index (χ0) is 18.1. The van der Waals surface area contributed by atoms with Crippen molar-refractivity contribution in [2.45, 2.75) is 71.7 Å². The first-order chi connectivity index (χ1) is 11.1. The Morgan fingerprint density at radius 2 is 1.96 bits per heavy atom. The van der Waals surface area contributed by atoms with Gasteiger partial charge in [-0.1, -0.05) is 37.1 Å². The van der Waals surface area contributed by atoms with E-state index in [1.807, 2.05) is 19.9 Å². The molecule has 0 aromatic heterocycles. The molecule has 0 spiro atoms. The van der Waals surface area contributed by atoms with E-state index in [-0.39, 0.29) is 17.8 Å². The third kappa shape index (κ3) is 3.98. The normalized spacial score (nSPS) is 35.2. The second kappa shape index (κ2) is 7.24. The van der Waals surface area contributed by atoms with Gasteiger partial charge in [-0.05, 0) is 45.1 Å². The Balaban J connectivity index is 2.46. The van der Waals surface area contributed by atoms with Gasteiger partial charge in [-0.15, -0.1) is 0 Å². The highest BCUT2D eigenvalue weighted by atomic mass is 16.6. The summed E-state index contributed by atoms with van der Waals surface area (Å²) in [5, 5.41) is 20.4. The number of ether oxygens (including phenoxy) is 1. The van der Waals surface area contributed by atoms with E-state index in [4.69, 9.17) is 4.74 Å². The molecule has 24 heavy (non-hydrogen) atoms. The lowest BCUT2D eigenvalue weighted by Gasteiger charge is -2.42. The molecule has 1 heterocycles. The molecule has 0 aromatic carbocycles. The fourth-order valence-electron chi connectivity index (χ4n) is 3.74. The maximum atomic E-state index is 12.1. The molecule has 2 N–H and O–H groups in total. The number of esters is 1. The van der Waals surface area contributed by atoms with Crippen LogP contribution in [0.4, 0.5) is 0 Å². The van der Waals surface area contributed by atoms with Crippen molar-refractivity contribution in [2.24, 2.45) is 11.8 Å². The van der Waals surface area contributed by atoms with Gasteiger partial charge in [0.2, 0.25) is 0 Å². The average molecular weight is 334 g/mol. The first-order valence-corrected chi connectivity index (χ1v) is 8.78. The van der Waals surface area contributed by atoms with Crippen molar-refractivity contribution in [1.82, 2.24) is 0 Å². The summed E-state index contributed by atoms with van der Waals surface area (Å²) in [4.78, 5) is 12.1. The molecular weight excluding hydrogens is 304 g/mol. The number of rotatable bonds is 1. The van der Waals surface area contributed by atoms with Crippen LogP contribution in [0.1, 0.15) is 53.9 Å². The lowest BCUT2D eigenvalue weighted by molar-refractivity contribution is -0.159. The van der Waals surface area contributed by atoms with Gasteiger partial charge in [-0.2, -0.15) is 0 Å². The molecule has 0 saturated carbocycles. The largest absolute Gasteiger partial charge is 0.455 e. The summed E-state index contributed by atoms with van der Waals surface area (Å²) < 4.78 is 5.75. The standard InChI is InChI=1S/C20H30O4/c1-12(2)15-11-18(22)24-20(5)9-8-14(4)19(23)17(21)10-13(3)6-7-16(15)20/h8,10-12,16-17,19,21,23H,6-7,9H2,1-5H3. The Labute approximate surface area is 144 Å². The molecule has 1 aliphatic carbocycles. The summed E-state index contributed by atoms with van der Waals surface area (Å²) >= 11 is 0. The molecule has 0 radical (unpaired) electrons. The Kier molecular flexibility index (Phi) is 5.71. The highest BCUT2D eigenvalue weighted by molar-refractivity contribution is 5.84. The van der Waals surface area contributed by atoms with Crippen LogP contribution in [-0.2, 0) is 9.53 Å². The maximum absolute atomic E-state index is 12.1. The molecule has 0 fully saturated rings. The van der Waals surface area contributed by atoms with Gasteiger partial charge in [0.1, 0.15) is 17.8 Å². The molecule has 2 aliphatic rings. The van der Waals surface area contributed by atoms with Gasteiger partial charge >= 0.3 is 5.97 Å². The Bertz CT molecular complexity index is 584. The van der Waals surface area contributed by atoms with Crippen LogP contribution in [0.15, 0.2) is 34.9 Å². The van der Waals surface area contributed by atoms with Gasteiger partial charge in [0.05, 0.1) is 0 Å². The summed E-state index contributed by atoms with van der Waals surface area (Å²) in [6.45, 7) is 9.96. The number of hydrogen-bond donors (Lipinski definition) is 2. The summed E-state index contributed by atoms with van der Waals surface area (Å²) in [5.74, 6) is 0.124. The maximum Gasteiger partial charge on any atom is 0.331 e. The van der Waals surface area contributed by atoms with E-state index in [1.54, 1.807) is 19.1 Å². The van der Waals surface area contributed by atoms with Gasteiger partial charge < -0.3 is 14.9 Å². The van der Waals surface area contributed by atoms with Gasteiger partial charge in [0.25, 0.3) is 0 Å². The molecule has 2 rings (SSSR count). The van der Waals surface area contributed by atoms with Crippen LogP contribution >= 0.6 is 0 Å². The monoisotopic (exact) mass is 334 g/mol. The van der Waals surface area contributed by atoms with Crippen LogP contribution in [0.25, 0.3) is 0 Å². The van der Waals surface area contributed by atoms with E-state index >= 15 is 0 Å². The zero-order valence-electron chi connectivity index (χ0n) is 15.4. The molecule has 0 bridgehead atoms. The zero-order valence-corrected chi connectivity index (χ0v) is 15.4. The van der Waals surface area contributed by atoms with E-state index in [0.29, 0.717) is 12.0 Å². The number of fused-ring (bicyclic) bond motifs is 1. The van der Waals surface area contributed by atoms with E-state index in [1.165, 1.54) is 0 Å². The molecule has 4 unspecified atom stereocenters. The molecule has 0 aromatic rings. The first-order valence-electron chi connectivity index (χ1n) is 8.78. The minimum atomic E-state index is -0.931. The van der Waals surface area contributed by atoms with Crippen LogP contribution in [0, 0.1) is 11.8 Å². The van der Waals surface area contributed by atoms with Crippen molar-refractivity contribution in [3.63, 3.8) is 0 Å². The smallest absolute Gasteiger partial charge is 0.331 e. The quantitative estimate of drug-likeness (QED) is 0.570. The molecule has 4 nitrogen and oxygen atoms in total. The first kappa shape index (κ1) is 18.9. The predicted molar refractivity (Wildman–Crippen MR) is 94.3 cm³/mol. The minimum absolute atomic E-state index is 0.134. The number of hydrogen-bond acceptors (Lipinski definition) is 4. The highest BCUT2D eigenvalue weighted by Gasteiger charge is 2.43. The van der Waals surface area contributed by atoms with E-state index in [9.17, 15) is 15.0 Å². The number of aliphatic hydroxyl groups excluding tert-OH is 2. The van der Waals surface area contributed by atoms with Crippen LogP contribution < -0.4 is 0 Å². The topological polar surface area (TPSA) is 66.8 Å². The fraction of sp³-hybridized carbons (Fsp3) is 0.650. The van der Waals surface area contributed by atoms with Crippen molar-refractivity contribution in [2.75, 3.05) is 0 Å². The van der Waals surface area contributed by atoms with Crippen LogP contribution in [0.2, 0.25) is 0 Å². The summed E-state index contributed by atoms with van der Waals surface area (Å²) in [6, 6.07) is 0. The van der Waals surface area contributed by atoms with Gasteiger partial charge in [0.15, 0.2) is 0 Å². The SMILES string of the molecule is CC1=CC(O)C(O)C(C)=CCC2(C)OC(=O)C=C(C(C)C)C2CC1. The minimum Gasteiger partial charge on any atom is -0.455 e. The van der Waals surface area contributed by atoms with Crippen LogP contribution in [-0.4, -0.2) is 34.0 Å². The Morgan fingerprint density at radius 1 is 1.29 bits per heavy atom. The molecule has 4 heteroatoms. The average Bonchev–Trinajstić information content (AvgIpc) is 2.50. The molecule has 0 amide bonds. The number of aliphatic hydroxyl groups is 2.